The SMILES string of the molecule is OC(CCC1CCC(c2nnn3cnc4[nH]ccc4c23)CC1)(c1ccccc1)C(F)(F)F. The second-order valence-corrected chi connectivity index (χ2v) is 8.73. The molecule has 4 aromatic rings. The number of aromatic amines is 1. The van der Waals surface area contributed by atoms with E-state index in [1.54, 1.807) is 16.9 Å². The lowest BCUT2D eigenvalue weighted by atomic mass is 9.76. The van der Waals surface area contributed by atoms with Gasteiger partial charge in [0.1, 0.15) is 17.5 Å². The molecule has 6 nitrogen and oxygen atoms in total. The van der Waals surface area contributed by atoms with Gasteiger partial charge in [0.05, 0.1) is 5.69 Å². The van der Waals surface area contributed by atoms with Crippen LogP contribution in [0.1, 0.15) is 55.7 Å². The summed E-state index contributed by atoms with van der Waals surface area (Å²) in [6, 6.07) is 9.34. The van der Waals surface area contributed by atoms with Crippen molar-refractivity contribution in [2.24, 2.45) is 5.92 Å². The van der Waals surface area contributed by atoms with E-state index >= 15 is 0 Å². The number of aromatic nitrogens is 5. The summed E-state index contributed by atoms with van der Waals surface area (Å²) >= 11 is 0. The number of alkyl halides is 3. The average Bonchev–Trinajstić information content (AvgIpc) is 3.44. The highest BCUT2D eigenvalue weighted by molar-refractivity contribution is 5.92. The lowest BCUT2D eigenvalue weighted by Crippen LogP contribution is -2.42. The van der Waals surface area contributed by atoms with Crippen LogP contribution in [-0.2, 0) is 5.60 Å². The summed E-state index contributed by atoms with van der Waals surface area (Å²) in [5.41, 5.74) is -0.271. The normalized spacial score (nSPS) is 21.8. The number of benzene rings is 1. The van der Waals surface area contributed by atoms with E-state index in [2.05, 4.69) is 20.3 Å². The van der Waals surface area contributed by atoms with Crippen LogP contribution in [0.15, 0.2) is 48.9 Å². The quantitative estimate of drug-likeness (QED) is 0.449. The number of rotatable bonds is 5. The Morgan fingerprint density at radius 3 is 2.53 bits per heavy atom. The zero-order chi connectivity index (χ0) is 22.3. The van der Waals surface area contributed by atoms with Gasteiger partial charge in [0.25, 0.3) is 0 Å². The van der Waals surface area contributed by atoms with E-state index in [1.165, 1.54) is 24.3 Å². The molecule has 1 aliphatic rings. The summed E-state index contributed by atoms with van der Waals surface area (Å²) in [6.07, 6.45) is 2.01. The lowest BCUT2D eigenvalue weighted by molar-refractivity contribution is -0.270. The molecule has 0 saturated heterocycles. The molecule has 168 valence electrons. The molecule has 1 fully saturated rings. The third kappa shape index (κ3) is 3.54. The van der Waals surface area contributed by atoms with Crippen LogP contribution < -0.4 is 0 Å². The number of nitrogens with zero attached hydrogens (tertiary/aromatic N) is 4. The summed E-state index contributed by atoms with van der Waals surface area (Å²) in [7, 11) is 0. The smallest absolute Gasteiger partial charge is 0.376 e. The summed E-state index contributed by atoms with van der Waals surface area (Å²) in [5.74, 6) is 0.347. The number of hydrogen-bond acceptors (Lipinski definition) is 4. The molecular weight excluding hydrogens is 419 g/mol. The maximum atomic E-state index is 13.8. The van der Waals surface area contributed by atoms with Gasteiger partial charge in [-0.3, -0.25) is 0 Å². The van der Waals surface area contributed by atoms with Crippen molar-refractivity contribution in [3.05, 3.63) is 60.2 Å². The fraction of sp³-hybridized carbons (Fsp3) is 0.435. The molecular formula is C23H24F3N5O. The third-order valence-electron chi connectivity index (χ3n) is 6.87. The van der Waals surface area contributed by atoms with Gasteiger partial charge in [-0.15, -0.1) is 5.10 Å². The van der Waals surface area contributed by atoms with E-state index in [0.717, 1.165) is 47.9 Å². The molecule has 1 atom stereocenters. The maximum absolute atomic E-state index is 13.8. The first-order valence-corrected chi connectivity index (χ1v) is 10.9. The Morgan fingerprint density at radius 1 is 1.06 bits per heavy atom. The van der Waals surface area contributed by atoms with Gasteiger partial charge in [-0.1, -0.05) is 35.5 Å². The van der Waals surface area contributed by atoms with Crippen molar-refractivity contribution >= 4 is 16.6 Å². The molecule has 5 rings (SSSR count). The topological polar surface area (TPSA) is 79.1 Å². The van der Waals surface area contributed by atoms with Crippen LogP contribution in [0.5, 0.6) is 0 Å². The Labute approximate surface area is 182 Å². The molecule has 2 N–H and O–H groups in total. The van der Waals surface area contributed by atoms with Gasteiger partial charge < -0.3 is 10.1 Å². The van der Waals surface area contributed by atoms with Crippen molar-refractivity contribution in [1.82, 2.24) is 24.8 Å². The van der Waals surface area contributed by atoms with E-state index < -0.39 is 11.8 Å². The van der Waals surface area contributed by atoms with Crippen molar-refractivity contribution in [3.63, 3.8) is 0 Å². The minimum atomic E-state index is -4.72. The minimum absolute atomic E-state index is 0.0964. The second kappa shape index (κ2) is 7.88. The summed E-state index contributed by atoms with van der Waals surface area (Å²) in [5, 5.41) is 20.2. The molecule has 0 bridgehead atoms. The van der Waals surface area contributed by atoms with Crippen LogP contribution in [-0.4, -0.2) is 36.1 Å². The number of hydrogen-bond donors (Lipinski definition) is 2. The summed E-state index contributed by atoms with van der Waals surface area (Å²) in [6.45, 7) is 0. The van der Waals surface area contributed by atoms with Crippen LogP contribution in [0.2, 0.25) is 0 Å². The second-order valence-electron chi connectivity index (χ2n) is 8.73. The molecule has 0 amide bonds. The first kappa shape index (κ1) is 20.9. The molecule has 32 heavy (non-hydrogen) atoms. The van der Waals surface area contributed by atoms with Crippen LogP contribution >= 0.6 is 0 Å². The Bertz CT molecular complexity index is 1210. The highest BCUT2D eigenvalue weighted by atomic mass is 19.4. The molecule has 3 aromatic heterocycles. The standard InChI is InChI=1S/C23H24F3N5O/c24-23(25,26)22(32,17-4-2-1-3-5-17)12-10-15-6-8-16(9-7-15)19-20-18-11-13-27-21(18)28-14-31(20)30-29-19/h1-5,11,13-16,27,32H,6-10,12H2. The molecule has 1 aliphatic carbocycles. The van der Waals surface area contributed by atoms with Crippen molar-refractivity contribution in [2.45, 2.75) is 56.2 Å². The molecule has 1 aromatic carbocycles. The number of halogens is 3. The van der Waals surface area contributed by atoms with E-state index in [4.69, 9.17) is 0 Å². The van der Waals surface area contributed by atoms with Gasteiger partial charge in [0, 0.05) is 17.5 Å². The summed E-state index contributed by atoms with van der Waals surface area (Å²) in [4.78, 5) is 7.42. The third-order valence-corrected chi connectivity index (χ3v) is 6.87. The summed E-state index contributed by atoms with van der Waals surface area (Å²) < 4.78 is 43.0. The van der Waals surface area contributed by atoms with Gasteiger partial charge in [-0.2, -0.15) is 13.2 Å². The van der Waals surface area contributed by atoms with Crippen LogP contribution in [0.3, 0.4) is 0 Å². The molecule has 9 heteroatoms. The van der Waals surface area contributed by atoms with Crippen molar-refractivity contribution in [1.29, 1.82) is 0 Å². The van der Waals surface area contributed by atoms with Crippen LogP contribution in [0, 0.1) is 5.92 Å². The Balaban J connectivity index is 1.28. The van der Waals surface area contributed by atoms with E-state index in [-0.39, 0.29) is 23.8 Å². The predicted molar refractivity (Wildman–Crippen MR) is 113 cm³/mol. The molecule has 3 heterocycles. The van der Waals surface area contributed by atoms with E-state index in [9.17, 15) is 18.3 Å². The Morgan fingerprint density at radius 2 is 1.81 bits per heavy atom. The zero-order valence-electron chi connectivity index (χ0n) is 17.4. The minimum Gasteiger partial charge on any atom is -0.376 e. The Kier molecular flexibility index (Phi) is 5.16. The number of fused-ring (bicyclic) bond motifs is 3. The maximum Gasteiger partial charge on any atom is 0.421 e. The molecule has 1 unspecified atom stereocenters. The monoisotopic (exact) mass is 443 g/mol. The van der Waals surface area contributed by atoms with Gasteiger partial charge in [0.15, 0.2) is 5.60 Å². The van der Waals surface area contributed by atoms with Gasteiger partial charge in [-0.05, 0) is 56.1 Å². The van der Waals surface area contributed by atoms with Crippen LogP contribution in [0.4, 0.5) is 13.2 Å². The fourth-order valence-electron chi connectivity index (χ4n) is 5.00. The fourth-order valence-corrected chi connectivity index (χ4v) is 5.00. The Hall–Kier alpha value is -2.94. The predicted octanol–water partition coefficient (Wildman–Crippen LogP) is 5.11. The van der Waals surface area contributed by atoms with E-state index in [1.807, 2.05) is 12.3 Å². The van der Waals surface area contributed by atoms with Gasteiger partial charge in [0.2, 0.25) is 0 Å². The first-order chi connectivity index (χ1) is 15.4. The lowest BCUT2D eigenvalue weighted by Gasteiger charge is -2.34. The first-order valence-electron chi connectivity index (χ1n) is 10.9. The highest BCUT2D eigenvalue weighted by Gasteiger charge is 2.54. The number of nitrogens with one attached hydrogen (secondary N) is 1. The van der Waals surface area contributed by atoms with Gasteiger partial charge >= 0.3 is 6.18 Å². The van der Waals surface area contributed by atoms with Crippen molar-refractivity contribution in [2.75, 3.05) is 0 Å². The van der Waals surface area contributed by atoms with Gasteiger partial charge in [-0.25, -0.2) is 9.50 Å². The average molecular weight is 443 g/mol. The molecule has 0 radical (unpaired) electrons. The van der Waals surface area contributed by atoms with Crippen molar-refractivity contribution < 1.29 is 18.3 Å². The van der Waals surface area contributed by atoms with Crippen molar-refractivity contribution in [3.8, 4) is 0 Å². The zero-order valence-corrected chi connectivity index (χ0v) is 17.4. The largest absolute Gasteiger partial charge is 0.421 e. The molecule has 1 saturated carbocycles. The van der Waals surface area contributed by atoms with E-state index in [0.29, 0.717) is 6.42 Å². The number of aliphatic hydroxyl groups is 1. The molecule has 0 spiro atoms. The van der Waals surface area contributed by atoms with Crippen LogP contribution in [0.25, 0.3) is 16.6 Å². The highest BCUT2D eigenvalue weighted by Crippen LogP contribution is 2.45. The molecule has 0 aliphatic heterocycles. The number of H-pyrrole nitrogens is 1.